The molecule has 0 spiro atoms. The lowest BCUT2D eigenvalue weighted by Gasteiger charge is -2.27. The molecule has 1 atom stereocenters. The Morgan fingerprint density at radius 1 is 1.47 bits per heavy atom. The van der Waals surface area contributed by atoms with Gasteiger partial charge in [-0.2, -0.15) is 12.6 Å². The molecule has 88 valence electrons. The molecule has 0 N–H and O–H groups in total. The summed E-state index contributed by atoms with van der Waals surface area (Å²) in [7, 11) is -0.693. The van der Waals surface area contributed by atoms with Gasteiger partial charge in [-0.1, -0.05) is 0 Å². The third kappa shape index (κ3) is 2.68. The van der Waals surface area contributed by atoms with Gasteiger partial charge in [-0.3, -0.25) is 0 Å². The van der Waals surface area contributed by atoms with E-state index in [2.05, 4.69) is 24.6 Å². The molecule has 2 fully saturated rings. The summed E-state index contributed by atoms with van der Waals surface area (Å²) < 4.78 is 22.7. The lowest BCUT2D eigenvalue weighted by molar-refractivity contribution is 0.221. The van der Waals surface area contributed by atoms with Crippen molar-refractivity contribution in [2.24, 2.45) is 5.41 Å². The van der Waals surface area contributed by atoms with Gasteiger partial charge in [0.2, 0.25) is 0 Å². The summed E-state index contributed by atoms with van der Waals surface area (Å²) >= 11 is 4.37. The molecule has 1 saturated carbocycles. The fraction of sp³-hybridized carbons (Fsp3) is 1.00. The van der Waals surface area contributed by atoms with Crippen molar-refractivity contribution in [3.63, 3.8) is 0 Å². The SMILES string of the molecule is CN(CC1(CS)CC1)C1CCS(=O)(=O)C1. The molecule has 0 aromatic heterocycles. The minimum Gasteiger partial charge on any atom is -0.302 e. The number of hydrogen-bond donors (Lipinski definition) is 1. The van der Waals surface area contributed by atoms with E-state index in [0.717, 1.165) is 18.7 Å². The number of hydrogen-bond acceptors (Lipinski definition) is 4. The molecule has 1 heterocycles. The zero-order valence-electron chi connectivity index (χ0n) is 9.15. The van der Waals surface area contributed by atoms with Gasteiger partial charge < -0.3 is 4.90 Å². The molecule has 0 amide bonds. The van der Waals surface area contributed by atoms with Crippen LogP contribution in [-0.2, 0) is 9.84 Å². The molecule has 1 aliphatic heterocycles. The van der Waals surface area contributed by atoms with Gasteiger partial charge in [0.25, 0.3) is 0 Å². The highest BCUT2D eigenvalue weighted by Gasteiger charge is 2.43. The van der Waals surface area contributed by atoms with Crippen LogP contribution in [0.1, 0.15) is 19.3 Å². The van der Waals surface area contributed by atoms with Crippen molar-refractivity contribution in [3.05, 3.63) is 0 Å². The van der Waals surface area contributed by atoms with E-state index in [1.807, 2.05) is 0 Å². The Labute approximate surface area is 97.6 Å². The number of nitrogens with zero attached hydrogens (tertiary/aromatic N) is 1. The normalized spacial score (nSPS) is 32.1. The van der Waals surface area contributed by atoms with E-state index in [0.29, 0.717) is 16.9 Å². The first-order valence-corrected chi connectivity index (χ1v) is 7.93. The maximum Gasteiger partial charge on any atom is 0.151 e. The van der Waals surface area contributed by atoms with E-state index in [-0.39, 0.29) is 6.04 Å². The highest BCUT2D eigenvalue weighted by atomic mass is 32.2. The van der Waals surface area contributed by atoms with Crippen molar-refractivity contribution in [1.82, 2.24) is 4.90 Å². The predicted octanol–water partition coefficient (Wildman–Crippen LogP) is 0.815. The quantitative estimate of drug-likeness (QED) is 0.750. The van der Waals surface area contributed by atoms with Crippen molar-refractivity contribution < 1.29 is 8.42 Å². The Hall–Kier alpha value is 0.260. The Kier molecular flexibility index (Phi) is 3.07. The first-order valence-electron chi connectivity index (χ1n) is 5.48. The van der Waals surface area contributed by atoms with E-state index in [1.165, 1.54) is 12.8 Å². The molecule has 1 aliphatic carbocycles. The number of rotatable bonds is 4. The first kappa shape index (κ1) is 11.7. The summed E-state index contributed by atoms with van der Waals surface area (Å²) in [4.78, 5) is 2.23. The van der Waals surface area contributed by atoms with Gasteiger partial charge in [0.15, 0.2) is 9.84 Å². The van der Waals surface area contributed by atoms with Gasteiger partial charge >= 0.3 is 0 Å². The molecule has 0 aromatic rings. The molecule has 2 rings (SSSR count). The van der Waals surface area contributed by atoms with Crippen LogP contribution in [0.15, 0.2) is 0 Å². The van der Waals surface area contributed by atoms with Gasteiger partial charge in [0.1, 0.15) is 0 Å². The summed E-state index contributed by atoms with van der Waals surface area (Å²) in [6.07, 6.45) is 3.31. The van der Waals surface area contributed by atoms with Crippen LogP contribution < -0.4 is 0 Å². The third-order valence-corrected chi connectivity index (χ3v) is 6.13. The van der Waals surface area contributed by atoms with Crippen LogP contribution in [0.25, 0.3) is 0 Å². The third-order valence-electron chi connectivity index (χ3n) is 3.71. The Bertz CT molecular complexity index is 335. The first-order chi connectivity index (χ1) is 6.96. The van der Waals surface area contributed by atoms with E-state index < -0.39 is 9.84 Å². The topological polar surface area (TPSA) is 37.4 Å². The van der Waals surface area contributed by atoms with E-state index >= 15 is 0 Å². The molecule has 0 aromatic carbocycles. The second-order valence-corrected chi connectivity index (χ2v) is 7.68. The van der Waals surface area contributed by atoms with E-state index in [4.69, 9.17) is 0 Å². The van der Waals surface area contributed by atoms with Gasteiger partial charge in [-0.15, -0.1) is 0 Å². The fourth-order valence-corrected chi connectivity index (χ4v) is 4.55. The predicted molar refractivity (Wildman–Crippen MR) is 65.2 cm³/mol. The van der Waals surface area contributed by atoms with Crippen molar-refractivity contribution in [3.8, 4) is 0 Å². The van der Waals surface area contributed by atoms with Crippen LogP contribution in [-0.4, -0.2) is 50.2 Å². The van der Waals surface area contributed by atoms with Gasteiger partial charge in [0.05, 0.1) is 11.5 Å². The molecular weight excluding hydrogens is 230 g/mol. The molecule has 0 radical (unpaired) electrons. The highest BCUT2D eigenvalue weighted by molar-refractivity contribution is 7.91. The standard InChI is InChI=1S/C10H19NO2S2/c1-11(7-10(8-14)3-4-10)9-2-5-15(12,13)6-9/h9,14H,2-8H2,1H3. The van der Waals surface area contributed by atoms with Crippen molar-refractivity contribution in [2.45, 2.75) is 25.3 Å². The molecule has 2 aliphatic rings. The monoisotopic (exact) mass is 249 g/mol. The van der Waals surface area contributed by atoms with Crippen molar-refractivity contribution in [1.29, 1.82) is 0 Å². The Morgan fingerprint density at radius 3 is 2.53 bits per heavy atom. The average molecular weight is 249 g/mol. The molecule has 1 unspecified atom stereocenters. The van der Waals surface area contributed by atoms with Gasteiger partial charge in [0, 0.05) is 12.6 Å². The largest absolute Gasteiger partial charge is 0.302 e. The summed E-state index contributed by atoms with van der Waals surface area (Å²) in [6, 6.07) is 0.243. The lowest BCUT2D eigenvalue weighted by Crippen LogP contribution is -2.37. The molecular formula is C10H19NO2S2. The second-order valence-electron chi connectivity index (χ2n) is 5.13. The van der Waals surface area contributed by atoms with Crippen LogP contribution in [0.2, 0.25) is 0 Å². The van der Waals surface area contributed by atoms with Gasteiger partial charge in [-0.05, 0) is 37.5 Å². The zero-order chi connectivity index (χ0) is 11.1. The highest BCUT2D eigenvalue weighted by Crippen LogP contribution is 2.47. The van der Waals surface area contributed by atoms with Crippen LogP contribution in [0, 0.1) is 5.41 Å². The van der Waals surface area contributed by atoms with Crippen LogP contribution in [0.4, 0.5) is 0 Å². The van der Waals surface area contributed by atoms with Gasteiger partial charge in [-0.25, -0.2) is 8.42 Å². The minimum atomic E-state index is -2.74. The summed E-state index contributed by atoms with van der Waals surface area (Å²) in [5.41, 5.74) is 0.393. The van der Waals surface area contributed by atoms with E-state index in [9.17, 15) is 8.42 Å². The number of thiol groups is 1. The molecule has 5 heteroatoms. The summed E-state index contributed by atoms with van der Waals surface area (Å²) in [5.74, 6) is 1.65. The fourth-order valence-electron chi connectivity index (χ4n) is 2.32. The summed E-state index contributed by atoms with van der Waals surface area (Å²) in [5, 5.41) is 0. The average Bonchev–Trinajstić information content (AvgIpc) is 2.84. The Balaban J connectivity index is 1.90. The molecule has 3 nitrogen and oxygen atoms in total. The Morgan fingerprint density at radius 2 is 2.13 bits per heavy atom. The second kappa shape index (κ2) is 3.93. The van der Waals surface area contributed by atoms with Crippen molar-refractivity contribution >= 4 is 22.5 Å². The van der Waals surface area contributed by atoms with Crippen LogP contribution in [0.3, 0.4) is 0 Å². The molecule has 0 bridgehead atoms. The maximum atomic E-state index is 11.4. The molecule has 15 heavy (non-hydrogen) atoms. The van der Waals surface area contributed by atoms with Crippen LogP contribution in [0.5, 0.6) is 0 Å². The summed E-state index contributed by atoms with van der Waals surface area (Å²) in [6.45, 7) is 1.01. The minimum absolute atomic E-state index is 0.243. The van der Waals surface area contributed by atoms with Crippen molar-refractivity contribution in [2.75, 3.05) is 30.9 Å². The smallest absolute Gasteiger partial charge is 0.151 e. The van der Waals surface area contributed by atoms with E-state index in [1.54, 1.807) is 0 Å². The maximum absolute atomic E-state index is 11.4. The zero-order valence-corrected chi connectivity index (χ0v) is 10.9. The number of sulfone groups is 1. The molecule has 1 saturated heterocycles. The van der Waals surface area contributed by atoms with Crippen LogP contribution >= 0.6 is 12.6 Å². The lowest BCUT2D eigenvalue weighted by atomic mass is 10.1.